The Hall–Kier alpha value is -1.59. The van der Waals surface area contributed by atoms with E-state index < -0.39 is 0 Å². The van der Waals surface area contributed by atoms with E-state index in [2.05, 4.69) is 10.3 Å². The summed E-state index contributed by atoms with van der Waals surface area (Å²) in [6, 6.07) is 0. The number of nitrogens with two attached hydrogens (primary N) is 1. The number of hydrogen-bond donors (Lipinski definition) is 2. The molecule has 1 aromatic heterocycles. The van der Waals surface area contributed by atoms with Crippen molar-refractivity contribution in [3.63, 3.8) is 0 Å². The molecule has 0 aromatic carbocycles. The Morgan fingerprint density at radius 2 is 2.17 bits per heavy atom. The summed E-state index contributed by atoms with van der Waals surface area (Å²) in [6.07, 6.45) is 0. The van der Waals surface area contributed by atoms with E-state index in [-0.39, 0.29) is 5.82 Å². The Balaban J connectivity index is 3.09. The first-order valence-electron chi connectivity index (χ1n) is 3.45. The molecule has 1 aromatic rings. The number of nitrogen functional groups attached to an aromatic ring is 1. The van der Waals surface area contributed by atoms with Gasteiger partial charge >= 0.3 is 0 Å². The summed E-state index contributed by atoms with van der Waals surface area (Å²) in [7, 11) is 5.25. The van der Waals surface area contributed by atoms with Gasteiger partial charge in [-0.05, 0) is 0 Å². The van der Waals surface area contributed by atoms with Crippen LogP contribution in [0.1, 0.15) is 5.69 Å². The second-order valence-electron chi connectivity index (χ2n) is 2.69. The minimum Gasteiger partial charge on any atom is -0.380 e. The monoisotopic (exact) mass is 168 g/mol. The number of rotatable bonds is 1. The first-order chi connectivity index (χ1) is 5.54. The number of anilines is 1. The summed E-state index contributed by atoms with van der Waals surface area (Å²) in [5.74, 6) is 0.594. The first-order valence-corrected chi connectivity index (χ1v) is 3.45. The Morgan fingerprint density at radius 1 is 1.58 bits per heavy atom. The van der Waals surface area contributed by atoms with Gasteiger partial charge in [-0.2, -0.15) is 0 Å². The number of aromatic nitrogens is 3. The van der Waals surface area contributed by atoms with Crippen molar-refractivity contribution in [1.29, 1.82) is 5.41 Å². The molecule has 0 saturated heterocycles. The van der Waals surface area contributed by atoms with Gasteiger partial charge in [0.1, 0.15) is 11.5 Å². The van der Waals surface area contributed by atoms with Crippen LogP contribution in [0.3, 0.4) is 0 Å². The number of nitrogens with one attached hydrogen (secondary N) is 1. The highest BCUT2D eigenvalue weighted by Gasteiger charge is 2.13. The number of aryl methyl sites for hydroxylation is 1. The van der Waals surface area contributed by atoms with E-state index in [4.69, 9.17) is 11.1 Å². The molecule has 0 bridgehead atoms. The van der Waals surface area contributed by atoms with Crippen LogP contribution in [0.5, 0.6) is 0 Å². The summed E-state index contributed by atoms with van der Waals surface area (Å²) in [6.45, 7) is 0. The van der Waals surface area contributed by atoms with Crippen molar-refractivity contribution < 1.29 is 0 Å². The Labute approximate surface area is 70.5 Å². The van der Waals surface area contributed by atoms with E-state index in [1.807, 2.05) is 0 Å². The summed E-state index contributed by atoms with van der Waals surface area (Å²) in [5.41, 5.74) is 6.06. The molecular formula is C6H12N6. The van der Waals surface area contributed by atoms with E-state index in [1.54, 1.807) is 26.0 Å². The first kappa shape index (κ1) is 8.51. The molecule has 1 heterocycles. The molecule has 12 heavy (non-hydrogen) atoms. The van der Waals surface area contributed by atoms with Crippen molar-refractivity contribution in [2.24, 2.45) is 7.05 Å². The molecule has 3 N–H and O–H groups in total. The molecule has 6 nitrogen and oxygen atoms in total. The zero-order valence-electron chi connectivity index (χ0n) is 7.37. The highest BCUT2D eigenvalue weighted by atomic mass is 15.4. The van der Waals surface area contributed by atoms with Gasteiger partial charge in [0.05, 0.1) is 0 Å². The number of hydrogen-bond acceptors (Lipinski definition) is 4. The van der Waals surface area contributed by atoms with Crippen LogP contribution in [0.2, 0.25) is 0 Å². The lowest BCUT2D eigenvalue weighted by Gasteiger charge is -2.12. The third kappa shape index (κ3) is 1.23. The highest BCUT2D eigenvalue weighted by Crippen LogP contribution is 2.06. The molecule has 6 heteroatoms. The van der Waals surface area contributed by atoms with Gasteiger partial charge in [0.2, 0.25) is 0 Å². The van der Waals surface area contributed by atoms with Crippen molar-refractivity contribution in [1.82, 2.24) is 19.9 Å². The predicted molar refractivity (Wildman–Crippen MR) is 45.9 cm³/mol. The Bertz CT molecular complexity index is 279. The highest BCUT2D eigenvalue weighted by molar-refractivity contribution is 5.98. The normalized spacial score (nSPS) is 9.92. The van der Waals surface area contributed by atoms with Gasteiger partial charge in [-0.3, -0.25) is 5.41 Å². The Morgan fingerprint density at radius 3 is 2.50 bits per heavy atom. The fourth-order valence-electron chi connectivity index (χ4n) is 0.859. The molecule has 0 unspecified atom stereocenters. The van der Waals surface area contributed by atoms with Crippen LogP contribution in [0.4, 0.5) is 5.82 Å². The molecule has 0 amide bonds. The molecule has 66 valence electrons. The van der Waals surface area contributed by atoms with Gasteiger partial charge in [0.15, 0.2) is 5.82 Å². The van der Waals surface area contributed by atoms with Gasteiger partial charge in [-0.15, -0.1) is 5.10 Å². The van der Waals surface area contributed by atoms with Crippen LogP contribution in [-0.4, -0.2) is 39.8 Å². The minimum absolute atomic E-state index is 0.288. The predicted octanol–water partition coefficient (Wildman–Crippen LogP) is -0.716. The van der Waals surface area contributed by atoms with Gasteiger partial charge < -0.3 is 10.6 Å². The number of nitrogens with zero attached hydrogens (tertiary/aromatic N) is 4. The lowest BCUT2D eigenvalue weighted by molar-refractivity contribution is 0.605. The van der Waals surface area contributed by atoms with Gasteiger partial charge in [0, 0.05) is 21.1 Å². The van der Waals surface area contributed by atoms with E-state index in [0.29, 0.717) is 11.5 Å². The topological polar surface area (TPSA) is 83.8 Å². The van der Waals surface area contributed by atoms with E-state index >= 15 is 0 Å². The standard InChI is InChI=1S/C6H12N6/c1-11(2)6(8)4-5(7)9-10-12(4)3/h8H,7H2,1-3H3. The number of amidine groups is 1. The minimum atomic E-state index is 0.288. The smallest absolute Gasteiger partial charge is 0.177 e. The Kier molecular flexibility index (Phi) is 1.99. The van der Waals surface area contributed by atoms with Crippen molar-refractivity contribution in [3.8, 4) is 0 Å². The van der Waals surface area contributed by atoms with Crippen LogP contribution < -0.4 is 5.73 Å². The van der Waals surface area contributed by atoms with Crippen molar-refractivity contribution in [2.75, 3.05) is 19.8 Å². The van der Waals surface area contributed by atoms with Crippen molar-refractivity contribution in [2.45, 2.75) is 0 Å². The molecular weight excluding hydrogens is 156 g/mol. The van der Waals surface area contributed by atoms with Gasteiger partial charge in [0.25, 0.3) is 0 Å². The van der Waals surface area contributed by atoms with Crippen LogP contribution in [0, 0.1) is 5.41 Å². The second-order valence-corrected chi connectivity index (χ2v) is 2.69. The maximum Gasteiger partial charge on any atom is 0.177 e. The van der Waals surface area contributed by atoms with Crippen LogP contribution in [-0.2, 0) is 7.05 Å². The lowest BCUT2D eigenvalue weighted by atomic mass is 10.3. The van der Waals surface area contributed by atoms with Crippen LogP contribution in [0.15, 0.2) is 0 Å². The quantitative estimate of drug-likeness (QED) is 0.428. The average Bonchev–Trinajstić information content (AvgIpc) is 2.30. The maximum atomic E-state index is 7.63. The molecule has 0 atom stereocenters. The molecule has 0 saturated carbocycles. The summed E-state index contributed by atoms with van der Waals surface area (Å²) < 4.78 is 1.48. The summed E-state index contributed by atoms with van der Waals surface area (Å²) in [4.78, 5) is 1.65. The van der Waals surface area contributed by atoms with Crippen LogP contribution in [0.25, 0.3) is 0 Å². The third-order valence-electron chi connectivity index (χ3n) is 1.52. The van der Waals surface area contributed by atoms with Gasteiger partial charge in [-0.1, -0.05) is 5.21 Å². The lowest BCUT2D eigenvalue weighted by Crippen LogP contribution is -2.25. The summed E-state index contributed by atoms with van der Waals surface area (Å²) in [5, 5.41) is 15.0. The van der Waals surface area contributed by atoms with Crippen molar-refractivity contribution in [3.05, 3.63) is 5.69 Å². The van der Waals surface area contributed by atoms with Crippen molar-refractivity contribution >= 4 is 11.7 Å². The third-order valence-corrected chi connectivity index (χ3v) is 1.52. The largest absolute Gasteiger partial charge is 0.380 e. The van der Waals surface area contributed by atoms with Crippen LogP contribution >= 0.6 is 0 Å². The molecule has 1 rings (SSSR count). The summed E-state index contributed by atoms with van der Waals surface area (Å²) >= 11 is 0. The molecule has 0 aliphatic heterocycles. The van der Waals surface area contributed by atoms with Gasteiger partial charge in [-0.25, -0.2) is 4.68 Å². The van der Waals surface area contributed by atoms with E-state index in [0.717, 1.165) is 0 Å². The van der Waals surface area contributed by atoms with E-state index in [1.165, 1.54) is 4.68 Å². The zero-order valence-corrected chi connectivity index (χ0v) is 7.37. The molecule has 0 aliphatic rings. The fraction of sp³-hybridized carbons (Fsp3) is 0.500. The second kappa shape index (κ2) is 2.80. The fourth-order valence-corrected chi connectivity index (χ4v) is 0.859. The SMILES string of the molecule is CN(C)C(=N)c1c(N)nnn1C. The average molecular weight is 168 g/mol. The molecule has 0 radical (unpaired) electrons. The zero-order chi connectivity index (χ0) is 9.30. The molecule has 0 aliphatic carbocycles. The van der Waals surface area contributed by atoms with E-state index in [9.17, 15) is 0 Å². The maximum absolute atomic E-state index is 7.63. The molecule has 0 fully saturated rings. The molecule has 0 spiro atoms.